The second-order valence-corrected chi connectivity index (χ2v) is 27.3. The monoisotopic (exact) mass is 1040 g/mol. The maximum Gasteiger partial charge on any atom is 0.333 e. The average molecular weight is 1040 g/mol. The summed E-state index contributed by atoms with van der Waals surface area (Å²) in [6, 6.07) is 79.2. The quantitative estimate of drug-likeness (QED) is 0.154. The Hall–Kier alpha value is -7.86. The van der Waals surface area contributed by atoms with Crippen molar-refractivity contribution in [3.63, 3.8) is 0 Å². The minimum atomic E-state index is -0.217. The molecule has 10 aromatic carbocycles. The summed E-state index contributed by atoms with van der Waals surface area (Å²) in [5.74, 6) is 0. The zero-order valence-corrected chi connectivity index (χ0v) is 48.8. The van der Waals surface area contributed by atoms with Gasteiger partial charge in [-0.1, -0.05) is 204 Å². The molecular weight excluding hydrogens is 974 g/mol. The van der Waals surface area contributed by atoms with Crippen molar-refractivity contribution in [1.82, 2.24) is 0 Å². The molecule has 0 N–H and O–H groups in total. The van der Waals surface area contributed by atoms with Crippen molar-refractivity contribution in [2.24, 2.45) is 0 Å². The van der Waals surface area contributed by atoms with E-state index in [1.807, 2.05) is 11.3 Å². The van der Waals surface area contributed by atoms with E-state index in [0.29, 0.717) is 0 Å². The molecule has 1 aromatic heterocycles. The van der Waals surface area contributed by atoms with Crippen LogP contribution in [0.5, 0.6) is 0 Å². The predicted molar refractivity (Wildman–Crippen MR) is 345 cm³/mol. The zero-order chi connectivity index (χ0) is 54.9. The summed E-state index contributed by atoms with van der Waals surface area (Å²) in [5, 5.41) is 5.09. The summed E-state index contributed by atoms with van der Waals surface area (Å²) in [4.78, 5) is 7.83. The fourth-order valence-electron chi connectivity index (χ4n) is 12.5. The van der Waals surface area contributed by atoms with Gasteiger partial charge in [-0.25, -0.2) is 0 Å². The Morgan fingerprint density at radius 2 is 0.911 bits per heavy atom. The summed E-state index contributed by atoms with van der Waals surface area (Å²) in [6.07, 6.45) is 0. The summed E-state index contributed by atoms with van der Waals surface area (Å²) in [5.41, 5.74) is 22.0. The predicted octanol–water partition coefficient (Wildman–Crippen LogP) is 20.2. The van der Waals surface area contributed by atoms with Gasteiger partial charge >= 0.3 is 6.85 Å². The molecule has 0 saturated heterocycles. The highest BCUT2D eigenvalue weighted by Crippen LogP contribution is 2.54. The van der Waals surface area contributed by atoms with Crippen LogP contribution in [0.4, 0.5) is 45.5 Å². The van der Waals surface area contributed by atoms with Gasteiger partial charge in [-0.3, -0.25) is 0 Å². The van der Waals surface area contributed by atoms with Crippen molar-refractivity contribution >= 4 is 106 Å². The Kier molecular flexibility index (Phi) is 11.8. The van der Waals surface area contributed by atoms with Gasteiger partial charge in [0.2, 0.25) is 0 Å². The minimum Gasteiger partial charge on any atom is -0.376 e. The molecule has 0 spiro atoms. The standard InChI is InChI=1S/C74H70BN3S/c1-71(2,3)49-26-33-53(34-27-49)76(54-35-28-50(29-36-54)72(4,5)6)56-39-40-58-63(46-56)78(55-37-30-51(31-38-55)73(7,8)9)75-69-62(42-43-66-68(69)59-24-18-19-25-65(59)79-66)77(64-44-48-22-16-17-23-57(48)67(58)70(64)75)61-41-32-52(74(10,11)12)45-60(61)47-20-14-13-15-21-47/h13-46H,1-12H3. The molecule has 0 bridgehead atoms. The maximum absolute atomic E-state index is 2.72. The van der Waals surface area contributed by atoms with Crippen molar-refractivity contribution in [3.05, 3.63) is 229 Å². The van der Waals surface area contributed by atoms with Gasteiger partial charge in [-0.05, 0) is 172 Å². The molecule has 0 aliphatic carbocycles. The molecule has 0 amide bonds. The van der Waals surface area contributed by atoms with Crippen molar-refractivity contribution in [2.75, 3.05) is 14.6 Å². The van der Waals surface area contributed by atoms with Gasteiger partial charge in [0.25, 0.3) is 0 Å². The van der Waals surface area contributed by atoms with E-state index in [1.165, 1.54) is 109 Å². The third kappa shape index (κ3) is 8.55. The Labute approximate surface area is 472 Å². The van der Waals surface area contributed by atoms with Crippen LogP contribution in [0.15, 0.2) is 206 Å². The van der Waals surface area contributed by atoms with Crippen LogP contribution in [-0.2, 0) is 21.7 Å². The van der Waals surface area contributed by atoms with E-state index in [0.717, 1.165) is 22.7 Å². The zero-order valence-electron chi connectivity index (χ0n) is 48.0. The van der Waals surface area contributed by atoms with Gasteiger partial charge < -0.3 is 14.6 Å². The molecule has 0 radical (unpaired) electrons. The van der Waals surface area contributed by atoms with Gasteiger partial charge in [0, 0.05) is 60.3 Å². The second kappa shape index (κ2) is 18.4. The van der Waals surface area contributed by atoms with Gasteiger partial charge in [0.1, 0.15) is 0 Å². The molecule has 2 aliphatic heterocycles. The maximum atomic E-state index is 2.72. The van der Waals surface area contributed by atoms with E-state index >= 15 is 0 Å². The van der Waals surface area contributed by atoms with Crippen molar-refractivity contribution < 1.29 is 0 Å². The Bertz CT molecular complexity index is 4110. The molecule has 3 nitrogen and oxygen atoms in total. The molecular formula is C74H70BN3S. The topological polar surface area (TPSA) is 9.72 Å². The fourth-order valence-corrected chi connectivity index (χ4v) is 13.7. The van der Waals surface area contributed by atoms with Crippen molar-refractivity contribution in [3.8, 4) is 22.3 Å². The first-order chi connectivity index (χ1) is 37.7. The largest absolute Gasteiger partial charge is 0.376 e. The highest BCUT2D eigenvalue weighted by Gasteiger charge is 2.47. The molecule has 0 fully saturated rings. The van der Waals surface area contributed by atoms with Crippen LogP contribution in [0.2, 0.25) is 0 Å². The first kappa shape index (κ1) is 50.6. The van der Waals surface area contributed by atoms with Crippen LogP contribution < -0.4 is 25.5 Å². The summed E-state index contributed by atoms with van der Waals surface area (Å²) >= 11 is 1.90. The SMILES string of the molecule is CC(C)(C)c1ccc(N2B3c4c(cc5ccccc5c4-c4ccc(N(c5ccc(C(C)(C)C)cc5)c5ccc(C(C)(C)C)cc5)cc42)N(c2ccc(C(C)(C)C)cc2-c2ccccc2)c2ccc4sc5ccccc5c4c23)cc1. The Balaban J connectivity index is 1.16. The van der Waals surface area contributed by atoms with Gasteiger partial charge in [-0.2, -0.15) is 0 Å². The molecule has 11 aromatic rings. The second-order valence-electron chi connectivity index (χ2n) is 26.3. The number of thiophene rings is 1. The van der Waals surface area contributed by atoms with Crippen LogP contribution in [-0.4, -0.2) is 6.85 Å². The minimum absolute atomic E-state index is 0.0194. The number of rotatable bonds is 6. The summed E-state index contributed by atoms with van der Waals surface area (Å²) in [7, 11) is 0. The summed E-state index contributed by atoms with van der Waals surface area (Å²) in [6.45, 7) is 27.5. The average Bonchev–Trinajstić information content (AvgIpc) is 3.37. The lowest BCUT2D eigenvalue weighted by atomic mass is 9.42. The molecule has 13 rings (SSSR count). The molecule has 3 heterocycles. The van der Waals surface area contributed by atoms with E-state index in [-0.39, 0.29) is 28.5 Å². The Morgan fingerprint density at radius 3 is 1.53 bits per heavy atom. The molecule has 0 atom stereocenters. The van der Waals surface area contributed by atoms with Crippen LogP contribution in [0.25, 0.3) is 53.2 Å². The third-order valence-corrected chi connectivity index (χ3v) is 18.0. The Morgan fingerprint density at radius 1 is 0.380 bits per heavy atom. The smallest absolute Gasteiger partial charge is 0.333 e. The fraction of sp³-hybridized carbons (Fsp3) is 0.216. The van der Waals surface area contributed by atoms with E-state index in [4.69, 9.17) is 0 Å². The molecule has 5 heteroatoms. The third-order valence-electron chi connectivity index (χ3n) is 16.9. The number of hydrogen-bond donors (Lipinski definition) is 0. The first-order valence-electron chi connectivity index (χ1n) is 28.3. The highest BCUT2D eigenvalue weighted by molar-refractivity contribution is 7.26. The lowest BCUT2D eigenvalue weighted by molar-refractivity contribution is 0.590. The van der Waals surface area contributed by atoms with Crippen LogP contribution >= 0.6 is 11.3 Å². The molecule has 2 aliphatic rings. The number of anilines is 8. The van der Waals surface area contributed by atoms with Crippen LogP contribution in [0, 0.1) is 0 Å². The lowest BCUT2D eigenvalue weighted by Crippen LogP contribution is -2.61. The molecule has 0 saturated carbocycles. The number of fused-ring (bicyclic) bond motifs is 10. The molecule has 79 heavy (non-hydrogen) atoms. The number of benzene rings is 10. The number of nitrogens with zero attached hydrogens (tertiary/aromatic N) is 3. The van der Waals surface area contributed by atoms with E-state index in [9.17, 15) is 0 Å². The normalized spacial score (nSPS) is 13.5. The van der Waals surface area contributed by atoms with E-state index < -0.39 is 0 Å². The van der Waals surface area contributed by atoms with Gasteiger partial charge in [-0.15, -0.1) is 11.3 Å². The van der Waals surface area contributed by atoms with Crippen LogP contribution in [0.3, 0.4) is 0 Å². The van der Waals surface area contributed by atoms with Crippen LogP contribution in [0.1, 0.15) is 105 Å². The van der Waals surface area contributed by atoms with E-state index in [1.54, 1.807) is 0 Å². The van der Waals surface area contributed by atoms with Crippen molar-refractivity contribution in [2.45, 2.75) is 105 Å². The number of hydrogen-bond acceptors (Lipinski definition) is 4. The van der Waals surface area contributed by atoms with Crippen molar-refractivity contribution in [1.29, 1.82) is 0 Å². The van der Waals surface area contributed by atoms with Gasteiger partial charge in [0.05, 0.1) is 5.69 Å². The molecule has 0 unspecified atom stereocenters. The van der Waals surface area contributed by atoms with Gasteiger partial charge in [0.15, 0.2) is 0 Å². The summed E-state index contributed by atoms with van der Waals surface area (Å²) < 4.78 is 2.59. The van der Waals surface area contributed by atoms with E-state index in [2.05, 4.69) is 304 Å². The highest BCUT2D eigenvalue weighted by atomic mass is 32.1. The lowest BCUT2D eigenvalue weighted by Gasteiger charge is -2.47. The molecule has 390 valence electrons. The first-order valence-corrected chi connectivity index (χ1v) is 29.1.